The molecule has 1 unspecified atom stereocenters. The lowest BCUT2D eigenvalue weighted by Gasteiger charge is -2.16. The molecule has 0 radical (unpaired) electrons. The number of carbonyl (C=O) groups excluding carboxylic acids is 1. The number of carboxylic acids is 1. The van der Waals surface area contributed by atoms with Crippen molar-refractivity contribution in [2.24, 2.45) is 0 Å². The third-order valence-electron chi connectivity index (χ3n) is 2.72. The molecular weight excluding hydrogens is 313 g/mol. The minimum absolute atomic E-state index is 0.367. The molecule has 0 saturated carbocycles. The molecule has 22 heavy (non-hydrogen) atoms. The summed E-state index contributed by atoms with van der Waals surface area (Å²) in [6.45, 7) is 0. The molecular formula is C13H12F5NO3. The van der Waals surface area contributed by atoms with Gasteiger partial charge in [-0.25, -0.2) is 13.6 Å². The Hall–Kier alpha value is -2.19. The standard InChI is InChI=1S/C13H12F5NO3/c14-10(15)6-9(12(21)22)19-11(20)5-7-3-1-2-4-8(7)13(16,17)18/h1-4,9-10H,5-6H2,(H,19,20)(H,21,22). The first-order valence-electron chi connectivity index (χ1n) is 6.06. The van der Waals surface area contributed by atoms with E-state index in [4.69, 9.17) is 5.11 Å². The fraction of sp³-hybridized carbons (Fsp3) is 0.385. The number of amides is 1. The molecule has 0 spiro atoms. The summed E-state index contributed by atoms with van der Waals surface area (Å²) in [4.78, 5) is 22.3. The number of halogens is 5. The molecule has 0 aliphatic heterocycles. The van der Waals surface area contributed by atoms with Gasteiger partial charge >= 0.3 is 12.1 Å². The number of nitrogens with one attached hydrogen (secondary N) is 1. The van der Waals surface area contributed by atoms with Crippen LogP contribution in [0.1, 0.15) is 17.5 Å². The van der Waals surface area contributed by atoms with Crippen molar-refractivity contribution in [3.8, 4) is 0 Å². The minimum atomic E-state index is -4.67. The number of carboxylic acid groups (broad SMARTS) is 1. The Kier molecular flexibility index (Phi) is 5.84. The molecule has 1 rings (SSSR count). The van der Waals surface area contributed by atoms with Crippen molar-refractivity contribution in [1.82, 2.24) is 5.32 Å². The highest BCUT2D eigenvalue weighted by Crippen LogP contribution is 2.32. The summed E-state index contributed by atoms with van der Waals surface area (Å²) in [6, 6.07) is 2.40. The summed E-state index contributed by atoms with van der Waals surface area (Å²) in [7, 11) is 0. The number of rotatable bonds is 6. The van der Waals surface area contributed by atoms with Crippen LogP contribution in [-0.2, 0) is 22.2 Å². The zero-order valence-corrected chi connectivity index (χ0v) is 11.0. The van der Waals surface area contributed by atoms with Crippen molar-refractivity contribution in [1.29, 1.82) is 0 Å². The van der Waals surface area contributed by atoms with Gasteiger partial charge < -0.3 is 10.4 Å². The maximum Gasteiger partial charge on any atom is 0.416 e. The van der Waals surface area contributed by atoms with E-state index in [0.717, 1.165) is 18.2 Å². The number of hydrogen-bond donors (Lipinski definition) is 2. The molecule has 122 valence electrons. The summed E-state index contributed by atoms with van der Waals surface area (Å²) < 4.78 is 62.6. The first-order chi connectivity index (χ1) is 10.1. The highest BCUT2D eigenvalue weighted by Gasteiger charge is 2.33. The van der Waals surface area contributed by atoms with Crippen LogP contribution in [0.15, 0.2) is 24.3 Å². The number of alkyl halides is 5. The van der Waals surface area contributed by atoms with E-state index in [0.29, 0.717) is 0 Å². The summed E-state index contributed by atoms with van der Waals surface area (Å²) in [6.07, 6.45) is -9.53. The molecule has 4 nitrogen and oxygen atoms in total. The van der Waals surface area contributed by atoms with Crippen LogP contribution in [0.4, 0.5) is 22.0 Å². The zero-order chi connectivity index (χ0) is 16.9. The summed E-state index contributed by atoms with van der Waals surface area (Å²) >= 11 is 0. The topological polar surface area (TPSA) is 66.4 Å². The van der Waals surface area contributed by atoms with E-state index >= 15 is 0 Å². The molecule has 0 saturated heterocycles. The zero-order valence-electron chi connectivity index (χ0n) is 11.0. The van der Waals surface area contributed by atoms with Gasteiger partial charge in [0.2, 0.25) is 12.3 Å². The third kappa shape index (κ3) is 5.30. The average molecular weight is 325 g/mol. The van der Waals surface area contributed by atoms with Crippen molar-refractivity contribution in [2.75, 3.05) is 0 Å². The molecule has 0 aliphatic rings. The number of hydrogen-bond acceptors (Lipinski definition) is 2. The molecule has 0 bridgehead atoms. The van der Waals surface area contributed by atoms with Crippen LogP contribution in [-0.4, -0.2) is 29.5 Å². The van der Waals surface area contributed by atoms with Crippen LogP contribution in [0.3, 0.4) is 0 Å². The normalized spacial score (nSPS) is 13.0. The Morgan fingerprint density at radius 1 is 1.18 bits per heavy atom. The molecule has 2 N–H and O–H groups in total. The molecule has 1 amide bonds. The van der Waals surface area contributed by atoms with Crippen molar-refractivity contribution >= 4 is 11.9 Å². The van der Waals surface area contributed by atoms with E-state index in [1.54, 1.807) is 5.32 Å². The highest BCUT2D eigenvalue weighted by molar-refractivity contribution is 5.85. The Labute approximate surface area is 121 Å². The van der Waals surface area contributed by atoms with Gasteiger partial charge in [0.15, 0.2) is 0 Å². The predicted molar refractivity (Wildman–Crippen MR) is 65.3 cm³/mol. The molecule has 1 aromatic rings. The summed E-state index contributed by atoms with van der Waals surface area (Å²) in [5, 5.41) is 10.5. The van der Waals surface area contributed by atoms with Gasteiger partial charge in [0.05, 0.1) is 12.0 Å². The number of carbonyl (C=O) groups is 2. The van der Waals surface area contributed by atoms with Gasteiger partial charge in [0.25, 0.3) is 0 Å². The lowest BCUT2D eigenvalue weighted by atomic mass is 10.0. The van der Waals surface area contributed by atoms with Gasteiger partial charge in [-0.05, 0) is 11.6 Å². The predicted octanol–water partition coefficient (Wildman–Crippen LogP) is 2.47. The molecule has 0 aromatic heterocycles. The fourth-order valence-corrected chi connectivity index (χ4v) is 1.77. The van der Waals surface area contributed by atoms with Gasteiger partial charge in [-0.2, -0.15) is 13.2 Å². The largest absolute Gasteiger partial charge is 0.480 e. The highest BCUT2D eigenvalue weighted by atomic mass is 19.4. The lowest BCUT2D eigenvalue weighted by molar-refractivity contribution is -0.143. The Morgan fingerprint density at radius 2 is 1.77 bits per heavy atom. The van der Waals surface area contributed by atoms with Gasteiger partial charge in [-0.15, -0.1) is 0 Å². The fourth-order valence-electron chi connectivity index (χ4n) is 1.77. The summed E-state index contributed by atoms with van der Waals surface area (Å²) in [5.74, 6) is -2.76. The van der Waals surface area contributed by atoms with Crippen molar-refractivity contribution in [3.05, 3.63) is 35.4 Å². The van der Waals surface area contributed by atoms with Crippen LogP contribution in [0.2, 0.25) is 0 Å². The van der Waals surface area contributed by atoms with E-state index in [2.05, 4.69) is 0 Å². The van der Waals surface area contributed by atoms with Crippen molar-refractivity contribution < 1.29 is 36.6 Å². The summed E-state index contributed by atoms with van der Waals surface area (Å²) in [5.41, 5.74) is -1.40. The minimum Gasteiger partial charge on any atom is -0.480 e. The van der Waals surface area contributed by atoms with Crippen LogP contribution in [0.5, 0.6) is 0 Å². The first-order valence-corrected chi connectivity index (χ1v) is 6.06. The number of benzene rings is 1. The molecule has 0 aliphatic carbocycles. The maximum absolute atomic E-state index is 12.7. The first kappa shape index (κ1) is 17.9. The average Bonchev–Trinajstić information content (AvgIpc) is 2.36. The van der Waals surface area contributed by atoms with Crippen molar-refractivity contribution in [2.45, 2.75) is 31.5 Å². The maximum atomic E-state index is 12.7. The molecule has 1 atom stereocenters. The van der Waals surface area contributed by atoms with Crippen LogP contribution in [0, 0.1) is 0 Å². The van der Waals surface area contributed by atoms with E-state index < -0.39 is 48.9 Å². The van der Waals surface area contributed by atoms with Gasteiger partial charge in [-0.3, -0.25) is 4.79 Å². The van der Waals surface area contributed by atoms with Crippen molar-refractivity contribution in [3.63, 3.8) is 0 Å². The Morgan fingerprint density at radius 3 is 2.27 bits per heavy atom. The third-order valence-corrected chi connectivity index (χ3v) is 2.72. The van der Waals surface area contributed by atoms with E-state index in [1.165, 1.54) is 6.07 Å². The molecule has 0 heterocycles. The SMILES string of the molecule is O=C(Cc1ccccc1C(F)(F)F)NC(CC(F)F)C(=O)O. The quantitative estimate of drug-likeness (QED) is 0.790. The van der Waals surface area contributed by atoms with E-state index in [9.17, 15) is 31.5 Å². The molecule has 1 aromatic carbocycles. The van der Waals surface area contributed by atoms with Crippen LogP contribution in [0.25, 0.3) is 0 Å². The monoisotopic (exact) mass is 325 g/mol. The molecule has 9 heteroatoms. The smallest absolute Gasteiger partial charge is 0.416 e. The van der Waals surface area contributed by atoms with E-state index in [1.807, 2.05) is 0 Å². The van der Waals surface area contributed by atoms with E-state index in [-0.39, 0.29) is 5.56 Å². The van der Waals surface area contributed by atoms with Gasteiger partial charge in [0, 0.05) is 6.42 Å². The van der Waals surface area contributed by atoms with Crippen LogP contribution >= 0.6 is 0 Å². The second-order valence-electron chi connectivity index (χ2n) is 4.42. The van der Waals surface area contributed by atoms with Crippen LogP contribution < -0.4 is 5.32 Å². The van der Waals surface area contributed by atoms with Gasteiger partial charge in [0.1, 0.15) is 6.04 Å². The Bertz CT molecular complexity index is 545. The molecule has 0 fully saturated rings. The second kappa shape index (κ2) is 7.19. The van der Waals surface area contributed by atoms with Gasteiger partial charge in [-0.1, -0.05) is 18.2 Å². The second-order valence-corrected chi connectivity index (χ2v) is 4.42. The Balaban J connectivity index is 2.83. The lowest BCUT2D eigenvalue weighted by Crippen LogP contribution is -2.42. The number of aliphatic carboxylic acids is 1.